The van der Waals surface area contributed by atoms with E-state index in [1.54, 1.807) is 6.33 Å². The lowest BCUT2D eigenvalue weighted by Gasteiger charge is -2.17. The Kier molecular flexibility index (Phi) is 4.66. The lowest BCUT2D eigenvalue weighted by atomic mass is 10.1. The lowest BCUT2D eigenvalue weighted by Crippen LogP contribution is -2.08. The SMILES string of the molecule is Cc1cc2cncnc2n1C(C)c1ccccc1.O=CO. The second-order valence-electron chi connectivity index (χ2n) is 4.65. The molecule has 0 saturated heterocycles. The Morgan fingerprint density at radius 3 is 2.62 bits per heavy atom. The van der Waals surface area contributed by atoms with E-state index in [0.29, 0.717) is 0 Å². The van der Waals surface area contributed by atoms with Crippen molar-refractivity contribution in [3.05, 3.63) is 60.2 Å². The summed E-state index contributed by atoms with van der Waals surface area (Å²) in [6.07, 6.45) is 3.47. The molecule has 2 heterocycles. The van der Waals surface area contributed by atoms with Crippen molar-refractivity contribution in [2.24, 2.45) is 0 Å². The van der Waals surface area contributed by atoms with E-state index in [1.165, 1.54) is 11.3 Å². The summed E-state index contributed by atoms with van der Waals surface area (Å²) < 4.78 is 2.26. The van der Waals surface area contributed by atoms with Crippen LogP contribution in [0.2, 0.25) is 0 Å². The van der Waals surface area contributed by atoms with E-state index in [1.807, 2.05) is 12.3 Å². The van der Waals surface area contributed by atoms with Gasteiger partial charge >= 0.3 is 0 Å². The Morgan fingerprint density at radius 2 is 1.95 bits per heavy atom. The highest BCUT2D eigenvalue weighted by Crippen LogP contribution is 2.25. The van der Waals surface area contributed by atoms with Gasteiger partial charge in [0.2, 0.25) is 0 Å². The molecule has 3 rings (SSSR count). The first-order valence-corrected chi connectivity index (χ1v) is 6.59. The number of nitrogens with zero attached hydrogens (tertiary/aromatic N) is 3. The number of benzene rings is 1. The molecule has 0 fully saturated rings. The number of fused-ring (bicyclic) bond motifs is 1. The standard InChI is InChI=1S/C15H15N3.CH2O2/c1-11-8-14-9-16-10-17-15(14)18(11)12(2)13-6-4-3-5-7-13;2-1-3/h3-10,12H,1-2H3;1H,(H,2,3). The van der Waals surface area contributed by atoms with Crippen LogP contribution in [0.25, 0.3) is 11.0 Å². The first-order chi connectivity index (χ1) is 10.2. The van der Waals surface area contributed by atoms with Gasteiger partial charge < -0.3 is 9.67 Å². The predicted molar refractivity (Wildman–Crippen MR) is 81.2 cm³/mol. The highest BCUT2D eigenvalue weighted by Gasteiger charge is 2.14. The average molecular weight is 283 g/mol. The molecule has 108 valence electrons. The lowest BCUT2D eigenvalue weighted by molar-refractivity contribution is -0.122. The monoisotopic (exact) mass is 283 g/mol. The Bertz CT molecular complexity index is 723. The zero-order valence-corrected chi connectivity index (χ0v) is 12.0. The first kappa shape index (κ1) is 14.7. The average Bonchev–Trinajstić information content (AvgIpc) is 2.84. The topological polar surface area (TPSA) is 68.0 Å². The van der Waals surface area contributed by atoms with Crippen LogP contribution >= 0.6 is 0 Å². The van der Waals surface area contributed by atoms with Crippen LogP contribution in [0.15, 0.2) is 48.9 Å². The molecule has 0 aliphatic carbocycles. The summed E-state index contributed by atoms with van der Waals surface area (Å²) in [6.45, 7) is 4.06. The molecular weight excluding hydrogens is 266 g/mol. The number of hydrogen-bond donors (Lipinski definition) is 1. The Balaban J connectivity index is 0.000000497. The van der Waals surface area contributed by atoms with Gasteiger partial charge in [-0.1, -0.05) is 30.3 Å². The molecule has 0 bridgehead atoms. The summed E-state index contributed by atoms with van der Waals surface area (Å²) in [5.74, 6) is 0. The number of carbonyl (C=O) groups is 1. The van der Waals surface area contributed by atoms with Gasteiger partial charge in [-0.25, -0.2) is 9.97 Å². The van der Waals surface area contributed by atoms with Crippen molar-refractivity contribution >= 4 is 17.5 Å². The zero-order valence-electron chi connectivity index (χ0n) is 12.0. The van der Waals surface area contributed by atoms with Crippen LogP contribution in [0.5, 0.6) is 0 Å². The number of aryl methyl sites for hydroxylation is 1. The number of carboxylic acid groups (broad SMARTS) is 1. The fourth-order valence-electron chi connectivity index (χ4n) is 2.47. The third kappa shape index (κ3) is 3.08. The van der Waals surface area contributed by atoms with Crippen LogP contribution in [0, 0.1) is 6.92 Å². The normalized spacial score (nSPS) is 11.5. The molecular formula is C16H17N3O2. The van der Waals surface area contributed by atoms with E-state index < -0.39 is 0 Å². The first-order valence-electron chi connectivity index (χ1n) is 6.59. The third-order valence-electron chi connectivity index (χ3n) is 3.36. The van der Waals surface area contributed by atoms with Crippen LogP contribution in [0.3, 0.4) is 0 Å². The maximum Gasteiger partial charge on any atom is 0.290 e. The van der Waals surface area contributed by atoms with E-state index in [4.69, 9.17) is 9.90 Å². The summed E-state index contributed by atoms with van der Waals surface area (Å²) in [6, 6.07) is 12.9. The fraction of sp³-hybridized carbons (Fsp3) is 0.188. The van der Waals surface area contributed by atoms with Gasteiger partial charge in [-0.15, -0.1) is 0 Å². The molecule has 0 amide bonds. The fourth-order valence-corrected chi connectivity index (χ4v) is 2.47. The summed E-state index contributed by atoms with van der Waals surface area (Å²) in [7, 11) is 0. The molecule has 1 N–H and O–H groups in total. The minimum absolute atomic E-state index is 0.250. The second kappa shape index (κ2) is 6.65. The third-order valence-corrected chi connectivity index (χ3v) is 3.36. The molecule has 0 aliphatic heterocycles. The van der Waals surface area contributed by atoms with Gasteiger partial charge in [0, 0.05) is 17.3 Å². The molecule has 21 heavy (non-hydrogen) atoms. The molecule has 3 aromatic rings. The van der Waals surface area contributed by atoms with Crippen molar-refractivity contribution in [2.45, 2.75) is 19.9 Å². The molecule has 2 aromatic heterocycles. The molecule has 0 saturated carbocycles. The maximum absolute atomic E-state index is 8.36. The molecule has 0 spiro atoms. The van der Waals surface area contributed by atoms with E-state index >= 15 is 0 Å². The molecule has 1 atom stereocenters. The van der Waals surface area contributed by atoms with Crippen molar-refractivity contribution < 1.29 is 9.90 Å². The van der Waals surface area contributed by atoms with Crippen molar-refractivity contribution in [3.63, 3.8) is 0 Å². The summed E-state index contributed by atoms with van der Waals surface area (Å²) in [5, 5.41) is 7.98. The Labute approximate surface area is 122 Å². The van der Waals surface area contributed by atoms with Gasteiger partial charge in [0.05, 0.1) is 6.04 Å². The second-order valence-corrected chi connectivity index (χ2v) is 4.65. The number of hydrogen-bond acceptors (Lipinski definition) is 3. The minimum atomic E-state index is -0.250. The molecule has 5 heteroatoms. The maximum atomic E-state index is 8.36. The van der Waals surface area contributed by atoms with Gasteiger partial charge in [-0.2, -0.15) is 0 Å². The van der Waals surface area contributed by atoms with Gasteiger partial charge in [0.15, 0.2) is 0 Å². The Hall–Kier alpha value is -2.69. The van der Waals surface area contributed by atoms with E-state index in [9.17, 15) is 0 Å². The molecule has 0 aliphatic rings. The quantitative estimate of drug-likeness (QED) is 0.734. The Morgan fingerprint density at radius 1 is 1.29 bits per heavy atom. The molecule has 0 radical (unpaired) electrons. The molecule has 1 unspecified atom stereocenters. The van der Waals surface area contributed by atoms with Gasteiger partial charge in [0.25, 0.3) is 6.47 Å². The van der Waals surface area contributed by atoms with Crippen LogP contribution in [0.1, 0.15) is 24.2 Å². The van der Waals surface area contributed by atoms with E-state index in [0.717, 1.165) is 11.0 Å². The predicted octanol–water partition coefficient (Wildman–Crippen LogP) is 3.05. The highest BCUT2D eigenvalue weighted by molar-refractivity contribution is 5.76. The van der Waals surface area contributed by atoms with Crippen LogP contribution < -0.4 is 0 Å². The summed E-state index contributed by atoms with van der Waals surface area (Å²) in [5.41, 5.74) is 3.50. The number of aromatic nitrogens is 3. The van der Waals surface area contributed by atoms with Crippen LogP contribution in [-0.4, -0.2) is 26.1 Å². The smallest absolute Gasteiger partial charge is 0.290 e. The molecule has 1 aromatic carbocycles. The van der Waals surface area contributed by atoms with Crippen LogP contribution in [0.4, 0.5) is 0 Å². The van der Waals surface area contributed by atoms with Crippen molar-refractivity contribution in [1.82, 2.24) is 14.5 Å². The number of rotatable bonds is 2. The van der Waals surface area contributed by atoms with Crippen LogP contribution in [-0.2, 0) is 4.79 Å². The van der Waals surface area contributed by atoms with E-state index in [-0.39, 0.29) is 12.5 Å². The highest BCUT2D eigenvalue weighted by atomic mass is 16.3. The minimum Gasteiger partial charge on any atom is -0.483 e. The van der Waals surface area contributed by atoms with E-state index in [2.05, 4.69) is 58.7 Å². The largest absolute Gasteiger partial charge is 0.483 e. The van der Waals surface area contributed by atoms with Crippen molar-refractivity contribution in [3.8, 4) is 0 Å². The van der Waals surface area contributed by atoms with Gasteiger partial charge in [-0.3, -0.25) is 4.79 Å². The summed E-state index contributed by atoms with van der Waals surface area (Å²) in [4.78, 5) is 16.8. The summed E-state index contributed by atoms with van der Waals surface area (Å²) >= 11 is 0. The van der Waals surface area contributed by atoms with Crippen molar-refractivity contribution in [2.75, 3.05) is 0 Å². The molecule has 5 nitrogen and oxygen atoms in total. The zero-order chi connectivity index (χ0) is 15.2. The van der Waals surface area contributed by atoms with Crippen molar-refractivity contribution in [1.29, 1.82) is 0 Å². The van der Waals surface area contributed by atoms with Gasteiger partial charge in [-0.05, 0) is 25.5 Å². The van der Waals surface area contributed by atoms with Gasteiger partial charge in [0.1, 0.15) is 12.0 Å².